The number of non-ortho nitro benzene ring substituents is 1. The Morgan fingerprint density at radius 2 is 1.25 bits per heavy atom. The van der Waals surface area contributed by atoms with Crippen LogP contribution in [0.2, 0.25) is 0 Å². The summed E-state index contributed by atoms with van der Waals surface area (Å²) in [4.78, 5) is 10.4. The van der Waals surface area contributed by atoms with Gasteiger partial charge in [0.2, 0.25) is 0 Å². The second kappa shape index (κ2) is 7.51. The maximum absolute atomic E-state index is 10.8. The molecule has 0 bridgehead atoms. The van der Waals surface area contributed by atoms with Gasteiger partial charge in [-0.15, -0.1) is 0 Å². The number of nitrogens with zero attached hydrogens (tertiary/aromatic N) is 4. The van der Waals surface area contributed by atoms with Gasteiger partial charge in [0.25, 0.3) is 5.69 Å². The lowest BCUT2D eigenvalue weighted by molar-refractivity contribution is -0.384. The number of fused-ring (bicyclic) bond motifs is 3. The molecule has 156 valence electrons. The van der Waals surface area contributed by atoms with Gasteiger partial charge in [-0.2, -0.15) is 10.2 Å². The van der Waals surface area contributed by atoms with E-state index in [4.69, 9.17) is 11.5 Å². The summed E-state index contributed by atoms with van der Waals surface area (Å²) in [6, 6.07) is 25.3. The fraction of sp³-hybridized carbons (Fsp3) is 0. The Balaban J connectivity index is 1.62. The molecule has 1 aromatic heterocycles. The van der Waals surface area contributed by atoms with Gasteiger partial charge in [0.1, 0.15) is 0 Å². The van der Waals surface area contributed by atoms with Gasteiger partial charge in [0, 0.05) is 40.0 Å². The van der Waals surface area contributed by atoms with Crippen molar-refractivity contribution in [2.75, 3.05) is 11.5 Å². The Morgan fingerprint density at radius 1 is 0.688 bits per heavy atom. The van der Waals surface area contributed by atoms with E-state index in [0.29, 0.717) is 22.7 Å². The molecule has 0 saturated heterocycles. The van der Waals surface area contributed by atoms with Crippen molar-refractivity contribution < 1.29 is 4.92 Å². The molecule has 1 heterocycles. The second-order valence-electron chi connectivity index (χ2n) is 7.38. The number of azo groups is 1. The monoisotopic (exact) mass is 422 g/mol. The van der Waals surface area contributed by atoms with Crippen LogP contribution in [0.5, 0.6) is 0 Å². The quantitative estimate of drug-likeness (QED) is 0.153. The third-order valence-corrected chi connectivity index (χ3v) is 5.27. The maximum atomic E-state index is 10.8. The molecule has 0 aliphatic rings. The lowest BCUT2D eigenvalue weighted by Gasteiger charge is -2.08. The van der Waals surface area contributed by atoms with Crippen LogP contribution < -0.4 is 11.5 Å². The van der Waals surface area contributed by atoms with E-state index >= 15 is 0 Å². The van der Waals surface area contributed by atoms with Crippen LogP contribution in [0.25, 0.3) is 27.5 Å². The molecule has 0 atom stereocenters. The van der Waals surface area contributed by atoms with E-state index in [0.717, 1.165) is 27.5 Å². The number of hydrogen-bond acceptors (Lipinski definition) is 6. The Kier molecular flexibility index (Phi) is 4.52. The third kappa shape index (κ3) is 3.39. The highest BCUT2D eigenvalue weighted by atomic mass is 16.6. The molecule has 4 aromatic carbocycles. The van der Waals surface area contributed by atoms with Gasteiger partial charge >= 0.3 is 0 Å². The lowest BCUT2D eigenvalue weighted by Crippen LogP contribution is -1.94. The second-order valence-corrected chi connectivity index (χ2v) is 7.38. The minimum Gasteiger partial charge on any atom is -0.399 e. The van der Waals surface area contributed by atoms with Gasteiger partial charge in [-0.1, -0.05) is 0 Å². The van der Waals surface area contributed by atoms with Gasteiger partial charge in [0.15, 0.2) is 0 Å². The van der Waals surface area contributed by atoms with Gasteiger partial charge in [-0.25, -0.2) is 0 Å². The van der Waals surface area contributed by atoms with Crippen LogP contribution in [0.3, 0.4) is 0 Å². The first-order chi connectivity index (χ1) is 15.5. The Hall–Kier alpha value is -4.72. The van der Waals surface area contributed by atoms with E-state index in [9.17, 15) is 10.1 Å². The van der Waals surface area contributed by atoms with E-state index in [-0.39, 0.29) is 5.69 Å². The predicted molar refractivity (Wildman–Crippen MR) is 127 cm³/mol. The van der Waals surface area contributed by atoms with E-state index in [1.807, 2.05) is 60.7 Å². The van der Waals surface area contributed by atoms with Crippen molar-refractivity contribution in [1.29, 1.82) is 0 Å². The molecule has 4 N–H and O–H groups in total. The van der Waals surface area contributed by atoms with Crippen LogP contribution in [0.4, 0.5) is 28.4 Å². The number of nitrogen functional groups attached to an aromatic ring is 2. The van der Waals surface area contributed by atoms with Crippen molar-refractivity contribution in [3.63, 3.8) is 0 Å². The predicted octanol–water partition coefficient (Wildman–Crippen LogP) is 6.27. The van der Waals surface area contributed by atoms with E-state index in [1.54, 1.807) is 12.1 Å². The molecule has 8 nitrogen and oxygen atoms in total. The Morgan fingerprint density at radius 3 is 1.94 bits per heavy atom. The first kappa shape index (κ1) is 19.3. The lowest BCUT2D eigenvalue weighted by atomic mass is 10.1. The zero-order chi connectivity index (χ0) is 22.2. The van der Waals surface area contributed by atoms with Crippen LogP contribution in [-0.4, -0.2) is 9.49 Å². The molecule has 0 amide bonds. The minimum absolute atomic E-state index is 0.0124. The smallest absolute Gasteiger partial charge is 0.269 e. The molecule has 0 aliphatic heterocycles. The molecular formula is C24H18N6O2. The Bertz CT molecular complexity index is 1500. The summed E-state index contributed by atoms with van der Waals surface area (Å²) in [5.74, 6) is 0. The highest BCUT2D eigenvalue weighted by molar-refractivity contribution is 6.11. The molecule has 0 saturated carbocycles. The van der Waals surface area contributed by atoms with Crippen LogP contribution >= 0.6 is 0 Å². The Labute approximate surface area is 182 Å². The number of hydrogen-bond donors (Lipinski definition) is 2. The van der Waals surface area contributed by atoms with Gasteiger partial charge in [0.05, 0.1) is 27.3 Å². The van der Waals surface area contributed by atoms with Gasteiger partial charge < -0.3 is 16.0 Å². The summed E-state index contributed by atoms with van der Waals surface area (Å²) in [5.41, 5.74) is 17.5. The summed E-state index contributed by atoms with van der Waals surface area (Å²) in [7, 11) is 0. The van der Waals surface area contributed by atoms with Crippen molar-refractivity contribution in [1.82, 2.24) is 4.57 Å². The average molecular weight is 422 g/mol. The normalized spacial score (nSPS) is 11.5. The van der Waals surface area contributed by atoms with Crippen molar-refractivity contribution in [3.05, 3.63) is 95.0 Å². The molecule has 8 heteroatoms. The zero-order valence-electron chi connectivity index (χ0n) is 16.8. The van der Waals surface area contributed by atoms with E-state index < -0.39 is 4.92 Å². The van der Waals surface area contributed by atoms with Crippen molar-refractivity contribution in [2.45, 2.75) is 0 Å². The summed E-state index contributed by atoms with van der Waals surface area (Å²) in [6.07, 6.45) is 0. The summed E-state index contributed by atoms with van der Waals surface area (Å²) in [6.45, 7) is 0. The highest BCUT2D eigenvalue weighted by Gasteiger charge is 2.13. The van der Waals surface area contributed by atoms with Crippen LogP contribution in [0, 0.1) is 10.1 Å². The van der Waals surface area contributed by atoms with Gasteiger partial charge in [-0.3, -0.25) is 10.1 Å². The molecule has 0 radical (unpaired) electrons. The molecule has 5 aromatic rings. The van der Waals surface area contributed by atoms with E-state index in [2.05, 4.69) is 14.8 Å². The SMILES string of the molecule is Nc1ccc(-n2c3ccc(N)cc3c3cc(N=Nc4ccc([N+](=O)[O-])cc4)ccc32)cc1. The molecule has 0 fully saturated rings. The minimum atomic E-state index is -0.447. The number of nitro benzene ring substituents is 1. The molecule has 0 spiro atoms. The van der Waals surface area contributed by atoms with Crippen molar-refractivity contribution in [2.24, 2.45) is 10.2 Å². The number of rotatable bonds is 4. The topological polar surface area (TPSA) is 125 Å². The van der Waals surface area contributed by atoms with Crippen molar-refractivity contribution >= 4 is 50.2 Å². The molecule has 32 heavy (non-hydrogen) atoms. The number of nitro groups is 1. The van der Waals surface area contributed by atoms with Crippen LogP contribution in [0.1, 0.15) is 0 Å². The maximum Gasteiger partial charge on any atom is 0.269 e. The fourth-order valence-corrected chi connectivity index (χ4v) is 3.75. The van der Waals surface area contributed by atoms with E-state index in [1.165, 1.54) is 12.1 Å². The first-order valence-corrected chi connectivity index (χ1v) is 9.85. The molecular weight excluding hydrogens is 404 g/mol. The molecule has 5 rings (SSSR count). The van der Waals surface area contributed by atoms with Crippen LogP contribution in [-0.2, 0) is 0 Å². The highest BCUT2D eigenvalue weighted by Crippen LogP contribution is 2.35. The first-order valence-electron chi connectivity index (χ1n) is 9.85. The number of anilines is 2. The zero-order valence-corrected chi connectivity index (χ0v) is 16.8. The number of nitrogens with two attached hydrogens (primary N) is 2. The van der Waals surface area contributed by atoms with Gasteiger partial charge in [-0.05, 0) is 72.8 Å². The van der Waals surface area contributed by atoms with Crippen LogP contribution in [0.15, 0.2) is 95.2 Å². The number of aromatic nitrogens is 1. The molecule has 0 unspecified atom stereocenters. The average Bonchev–Trinajstić information content (AvgIpc) is 3.11. The number of benzene rings is 4. The largest absolute Gasteiger partial charge is 0.399 e. The molecule has 0 aliphatic carbocycles. The summed E-state index contributed by atoms with van der Waals surface area (Å²) < 4.78 is 2.15. The standard InChI is InChI=1S/C24H18N6O2/c25-15-1-7-19(8-2-15)29-23-11-3-16(26)13-21(23)22-14-18(6-12-24(22)29)28-27-17-4-9-20(10-5-17)30(31)32/h1-14H,25-26H2. The van der Waals surface area contributed by atoms with Crippen molar-refractivity contribution in [3.8, 4) is 5.69 Å². The third-order valence-electron chi connectivity index (χ3n) is 5.27. The summed E-state index contributed by atoms with van der Waals surface area (Å²) >= 11 is 0. The fourth-order valence-electron chi connectivity index (χ4n) is 3.75. The summed E-state index contributed by atoms with van der Waals surface area (Å²) in [5, 5.41) is 21.3.